The van der Waals surface area contributed by atoms with E-state index in [4.69, 9.17) is 9.88 Å². The quantitative estimate of drug-likeness (QED) is 0.837. The van der Waals surface area contributed by atoms with Crippen molar-refractivity contribution in [3.63, 3.8) is 0 Å². The molecule has 0 radical (unpaired) electrons. The number of aryl methyl sites for hydroxylation is 2. The number of hydrogen-bond acceptors (Lipinski definition) is 4. The van der Waals surface area contributed by atoms with Gasteiger partial charge in [0.15, 0.2) is 0 Å². The largest absolute Gasteiger partial charge is 0.380 e. The highest BCUT2D eigenvalue weighted by atomic mass is 32.2. The molecule has 20 heavy (non-hydrogen) atoms. The molecule has 0 aliphatic heterocycles. The zero-order valence-corrected chi connectivity index (χ0v) is 12.9. The van der Waals surface area contributed by atoms with Gasteiger partial charge in [-0.15, -0.1) is 0 Å². The number of hydrogen-bond donors (Lipinski definition) is 2. The van der Waals surface area contributed by atoms with E-state index in [1.54, 1.807) is 27.0 Å². The van der Waals surface area contributed by atoms with Crippen molar-refractivity contribution in [2.75, 3.05) is 13.7 Å². The van der Waals surface area contributed by atoms with Crippen LogP contribution in [0, 0.1) is 13.8 Å². The van der Waals surface area contributed by atoms with Gasteiger partial charge < -0.3 is 10.1 Å². The summed E-state index contributed by atoms with van der Waals surface area (Å²) in [6.07, 6.45) is -0.123. The Morgan fingerprint density at radius 2 is 1.95 bits per heavy atom. The van der Waals surface area contributed by atoms with Crippen LogP contribution in [0.5, 0.6) is 0 Å². The number of amides is 1. The van der Waals surface area contributed by atoms with Crippen LogP contribution in [0.15, 0.2) is 17.0 Å². The molecule has 3 N–H and O–H groups in total. The van der Waals surface area contributed by atoms with Gasteiger partial charge in [-0.25, -0.2) is 13.6 Å². The summed E-state index contributed by atoms with van der Waals surface area (Å²) in [6.45, 7) is 5.54. The molecule has 0 spiro atoms. The Hall–Kier alpha value is -1.44. The van der Waals surface area contributed by atoms with E-state index in [9.17, 15) is 13.2 Å². The van der Waals surface area contributed by atoms with Crippen LogP contribution in [0.25, 0.3) is 0 Å². The number of nitrogens with two attached hydrogens (primary N) is 1. The maximum absolute atomic E-state index is 12.1. The first kappa shape index (κ1) is 16.6. The molecule has 1 unspecified atom stereocenters. The number of rotatable bonds is 5. The summed E-state index contributed by atoms with van der Waals surface area (Å²) in [5.74, 6) is -0.351. The van der Waals surface area contributed by atoms with Crippen molar-refractivity contribution in [3.8, 4) is 0 Å². The lowest BCUT2D eigenvalue weighted by molar-refractivity contribution is 0.0869. The molecule has 0 aromatic heterocycles. The second kappa shape index (κ2) is 6.34. The molecule has 7 heteroatoms. The average molecular weight is 300 g/mol. The third-order valence-corrected chi connectivity index (χ3v) is 4.08. The van der Waals surface area contributed by atoms with Crippen LogP contribution in [0.2, 0.25) is 0 Å². The lowest BCUT2D eigenvalue weighted by atomic mass is 10.0. The van der Waals surface area contributed by atoms with Crippen molar-refractivity contribution in [2.45, 2.75) is 31.8 Å². The van der Waals surface area contributed by atoms with Crippen molar-refractivity contribution >= 4 is 15.9 Å². The topological polar surface area (TPSA) is 98.5 Å². The lowest BCUT2D eigenvalue weighted by Crippen LogP contribution is -2.32. The summed E-state index contributed by atoms with van der Waals surface area (Å²) in [5.41, 5.74) is 1.51. The predicted octanol–water partition coefficient (Wildman–Crippen LogP) is 0.716. The van der Waals surface area contributed by atoms with Gasteiger partial charge in [0.1, 0.15) is 0 Å². The third-order valence-electron chi connectivity index (χ3n) is 3.03. The maximum atomic E-state index is 12.1. The second-order valence-electron chi connectivity index (χ2n) is 4.73. The van der Waals surface area contributed by atoms with Crippen LogP contribution < -0.4 is 10.5 Å². The van der Waals surface area contributed by atoms with Gasteiger partial charge in [0, 0.05) is 19.2 Å². The van der Waals surface area contributed by atoms with Crippen molar-refractivity contribution in [1.82, 2.24) is 5.32 Å². The van der Waals surface area contributed by atoms with Crippen LogP contribution >= 0.6 is 0 Å². The van der Waals surface area contributed by atoms with Gasteiger partial charge in [0.25, 0.3) is 5.91 Å². The fraction of sp³-hybridized carbons (Fsp3) is 0.462. The minimum Gasteiger partial charge on any atom is -0.380 e. The van der Waals surface area contributed by atoms with Crippen LogP contribution in [0.3, 0.4) is 0 Å². The van der Waals surface area contributed by atoms with Gasteiger partial charge in [0.05, 0.1) is 11.0 Å². The van der Waals surface area contributed by atoms with E-state index in [0.717, 1.165) is 0 Å². The molecule has 0 aliphatic rings. The first-order chi connectivity index (χ1) is 9.16. The Kier molecular flexibility index (Phi) is 5.27. The zero-order chi connectivity index (χ0) is 15.5. The van der Waals surface area contributed by atoms with Crippen LogP contribution in [-0.4, -0.2) is 34.1 Å². The van der Waals surface area contributed by atoms with Gasteiger partial charge in [0.2, 0.25) is 10.0 Å². The van der Waals surface area contributed by atoms with Crippen molar-refractivity contribution in [2.24, 2.45) is 5.14 Å². The highest BCUT2D eigenvalue weighted by Gasteiger charge is 2.18. The molecule has 0 heterocycles. The van der Waals surface area contributed by atoms with Gasteiger partial charge >= 0.3 is 0 Å². The van der Waals surface area contributed by atoms with E-state index >= 15 is 0 Å². The van der Waals surface area contributed by atoms with E-state index in [2.05, 4.69) is 5.32 Å². The molecule has 1 amide bonds. The molecular formula is C13H20N2O4S. The van der Waals surface area contributed by atoms with Gasteiger partial charge in [-0.2, -0.15) is 0 Å². The monoisotopic (exact) mass is 300 g/mol. The lowest BCUT2D eigenvalue weighted by Gasteiger charge is -2.13. The molecule has 0 fully saturated rings. The van der Waals surface area contributed by atoms with Gasteiger partial charge in [-0.05, 0) is 38.0 Å². The van der Waals surface area contributed by atoms with E-state index in [-0.39, 0.29) is 16.9 Å². The zero-order valence-electron chi connectivity index (χ0n) is 12.1. The van der Waals surface area contributed by atoms with E-state index in [0.29, 0.717) is 23.2 Å². The molecule has 112 valence electrons. The Balaban J connectivity index is 3.10. The van der Waals surface area contributed by atoms with Crippen molar-refractivity contribution in [3.05, 3.63) is 28.8 Å². The molecule has 1 rings (SSSR count). The summed E-state index contributed by atoms with van der Waals surface area (Å²) in [5, 5.41) is 7.83. The number of carbonyl (C=O) groups is 1. The number of sulfonamides is 1. The third kappa shape index (κ3) is 4.03. The molecule has 6 nitrogen and oxygen atoms in total. The molecule has 0 aliphatic carbocycles. The smallest absolute Gasteiger partial charge is 0.251 e. The Morgan fingerprint density at radius 1 is 1.35 bits per heavy atom. The standard InChI is InChI=1S/C13H20N2O4S/c1-8-5-9(2)12(20(14,17)18)6-11(8)13(16)15-7-10(3)19-4/h5-6,10H,7H2,1-4H3,(H,15,16)(H2,14,17,18). The minimum atomic E-state index is -3.85. The van der Waals surface area contributed by atoms with Gasteiger partial charge in [-0.3, -0.25) is 4.79 Å². The minimum absolute atomic E-state index is 0.0342. The molecule has 1 aromatic rings. The number of benzene rings is 1. The molecular weight excluding hydrogens is 280 g/mol. The van der Waals surface area contributed by atoms with Crippen LogP contribution in [0.4, 0.5) is 0 Å². The Bertz CT molecular complexity index is 611. The molecule has 1 atom stereocenters. The highest BCUT2D eigenvalue weighted by Crippen LogP contribution is 2.19. The summed E-state index contributed by atoms with van der Waals surface area (Å²) in [6, 6.07) is 2.95. The first-order valence-electron chi connectivity index (χ1n) is 6.12. The van der Waals surface area contributed by atoms with Crippen LogP contribution in [-0.2, 0) is 14.8 Å². The molecule has 0 saturated carbocycles. The molecule has 1 aromatic carbocycles. The Morgan fingerprint density at radius 3 is 2.45 bits per heavy atom. The van der Waals surface area contributed by atoms with Crippen molar-refractivity contribution < 1.29 is 17.9 Å². The summed E-state index contributed by atoms with van der Waals surface area (Å²) in [7, 11) is -2.30. The summed E-state index contributed by atoms with van der Waals surface area (Å²) in [4.78, 5) is 12.0. The summed E-state index contributed by atoms with van der Waals surface area (Å²) >= 11 is 0. The SMILES string of the molecule is COC(C)CNC(=O)c1cc(S(N)(=O)=O)c(C)cc1C. The second-order valence-corrected chi connectivity index (χ2v) is 6.26. The van der Waals surface area contributed by atoms with E-state index in [1.165, 1.54) is 6.07 Å². The number of ether oxygens (including phenoxy) is 1. The van der Waals surface area contributed by atoms with E-state index < -0.39 is 10.0 Å². The predicted molar refractivity (Wildman–Crippen MR) is 76.1 cm³/mol. The summed E-state index contributed by atoms with van der Waals surface area (Å²) < 4.78 is 28.0. The average Bonchev–Trinajstić information content (AvgIpc) is 2.33. The Labute approximate surface area is 119 Å². The highest BCUT2D eigenvalue weighted by molar-refractivity contribution is 7.89. The number of carbonyl (C=O) groups excluding carboxylic acids is 1. The first-order valence-corrected chi connectivity index (χ1v) is 7.66. The molecule has 0 saturated heterocycles. The number of methoxy groups -OCH3 is 1. The van der Waals surface area contributed by atoms with Crippen LogP contribution in [0.1, 0.15) is 28.4 Å². The normalized spacial score (nSPS) is 13.1. The van der Waals surface area contributed by atoms with E-state index in [1.807, 2.05) is 6.92 Å². The number of primary sulfonamides is 1. The van der Waals surface area contributed by atoms with Gasteiger partial charge in [-0.1, -0.05) is 6.07 Å². The maximum Gasteiger partial charge on any atom is 0.251 e. The fourth-order valence-corrected chi connectivity index (χ4v) is 2.59. The van der Waals surface area contributed by atoms with Crippen molar-refractivity contribution in [1.29, 1.82) is 0 Å². The molecule has 0 bridgehead atoms. The fourth-order valence-electron chi connectivity index (χ4n) is 1.80. The number of nitrogens with one attached hydrogen (secondary N) is 1.